The molecular weight excluding hydrogens is 352 g/mol. The Kier molecular flexibility index (Phi) is 7.59. The van der Waals surface area contributed by atoms with Crippen LogP contribution in [-0.2, 0) is 9.59 Å². The molecule has 7 heteroatoms. The van der Waals surface area contributed by atoms with Crippen LogP contribution in [0.5, 0.6) is 0 Å². The lowest BCUT2D eigenvalue weighted by Gasteiger charge is -2.11. The van der Waals surface area contributed by atoms with E-state index in [9.17, 15) is 14.4 Å². The highest BCUT2D eigenvalue weighted by Crippen LogP contribution is 2.15. The molecule has 1 aromatic rings. The summed E-state index contributed by atoms with van der Waals surface area (Å²) in [6, 6.07) is 6.83. The molecule has 0 aliphatic carbocycles. The third-order valence-electron chi connectivity index (χ3n) is 3.14. The molecule has 0 saturated carbocycles. The fourth-order valence-electron chi connectivity index (χ4n) is 1.95. The van der Waals surface area contributed by atoms with E-state index in [-0.39, 0.29) is 12.8 Å². The van der Waals surface area contributed by atoms with E-state index in [0.29, 0.717) is 16.5 Å². The van der Waals surface area contributed by atoms with Crippen molar-refractivity contribution in [3.05, 3.63) is 34.3 Å². The fraction of sp³-hybridized carbons (Fsp3) is 0.400. The summed E-state index contributed by atoms with van der Waals surface area (Å²) < 4.78 is 0.621. The molecule has 6 nitrogen and oxygen atoms in total. The molecule has 0 unspecified atom stereocenters. The first-order chi connectivity index (χ1) is 10.5. The third-order valence-corrected chi connectivity index (χ3v) is 3.83. The molecule has 0 heterocycles. The summed E-state index contributed by atoms with van der Waals surface area (Å²) >= 11 is 3.25. The number of carbonyl (C=O) groups excluding carboxylic acids is 2. The molecule has 0 radical (unpaired) electrons. The van der Waals surface area contributed by atoms with E-state index in [1.807, 2.05) is 6.92 Å². The predicted molar refractivity (Wildman–Crippen MR) is 85.0 cm³/mol. The van der Waals surface area contributed by atoms with Gasteiger partial charge in [0.25, 0.3) is 5.91 Å². The Bertz CT molecular complexity index is 548. The van der Waals surface area contributed by atoms with Crippen molar-refractivity contribution in [1.82, 2.24) is 10.9 Å². The highest BCUT2D eigenvalue weighted by atomic mass is 79.9. The molecule has 1 rings (SSSR count). The Balaban J connectivity index is 2.41. The van der Waals surface area contributed by atoms with Gasteiger partial charge in [-0.2, -0.15) is 0 Å². The topological polar surface area (TPSA) is 95.5 Å². The van der Waals surface area contributed by atoms with Gasteiger partial charge in [-0.25, -0.2) is 0 Å². The number of amides is 2. The van der Waals surface area contributed by atoms with Gasteiger partial charge in [-0.15, -0.1) is 0 Å². The average molecular weight is 371 g/mol. The molecular formula is C15H19BrN2O4. The standard InChI is InChI=1S/C15H19BrN2O4/c1-2-5-10(15(21)22)8-9-13(19)17-18-14(20)11-6-3-4-7-12(11)16/h3-4,6-7,10H,2,5,8-9H2,1H3,(H,17,19)(H,18,20)(H,21,22)/t10-/m0/s1. The highest BCUT2D eigenvalue weighted by molar-refractivity contribution is 9.10. The van der Waals surface area contributed by atoms with Crippen LogP contribution >= 0.6 is 15.9 Å². The van der Waals surface area contributed by atoms with Crippen molar-refractivity contribution < 1.29 is 19.5 Å². The van der Waals surface area contributed by atoms with Crippen LogP contribution in [0, 0.1) is 5.92 Å². The Morgan fingerprint density at radius 3 is 2.45 bits per heavy atom. The van der Waals surface area contributed by atoms with Crippen molar-refractivity contribution in [3.63, 3.8) is 0 Å². The van der Waals surface area contributed by atoms with Gasteiger partial charge in [0.15, 0.2) is 0 Å². The summed E-state index contributed by atoms with van der Waals surface area (Å²) in [6.07, 6.45) is 1.58. The normalized spacial score (nSPS) is 11.5. The number of halogens is 1. The van der Waals surface area contributed by atoms with E-state index in [1.54, 1.807) is 24.3 Å². The van der Waals surface area contributed by atoms with Gasteiger partial charge in [0.2, 0.25) is 5.91 Å². The van der Waals surface area contributed by atoms with E-state index in [0.717, 1.165) is 6.42 Å². The number of hydrogen-bond acceptors (Lipinski definition) is 3. The zero-order valence-corrected chi connectivity index (χ0v) is 13.9. The van der Waals surface area contributed by atoms with Gasteiger partial charge in [-0.05, 0) is 40.9 Å². The molecule has 2 amide bonds. The molecule has 0 fully saturated rings. The molecule has 1 atom stereocenters. The molecule has 0 aliphatic rings. The molecule has 0 aromatic heterocycles. The maximum atomic E-state index is 11.9. The summed E-state index contributed by atoms with van der Waals surface area (Å²) in [5, 5.41) is 9.01. The minimum absolute atomic E-state index is 0.0488. The first-order valence-corrected chi connectivity index (χ1v) is 7.81. The number of aliphatic carboxylic acids is 1. The van der Waals surface area contributed by atoms with Crippen LogP contribution in [0.25, 0.3) is 0 Å². The Morgan fingerprint density at radius 1 is 1.18 bits per heavy atom. The van der Waals surface area contributed by atoms with Crippen LogP contribution < -0.4 is 10.9 Å². The van der Waals surface area contributed by atoms with Crippen LogP contribution in [0.4, 0.5) is 0 Å². The quantitative estimate of drug-likeness (QED) is 0.642. The van der Waals surface area contributed by atoms with E-state index >= 15 is 0 Å². The zero-order valence-electron chi connectivity index (χ0n) is 12.3. The number of rotatable bonds is 7. The van der Waals surface area contributed by atoms with Crippen molar-refractivity contribution in [1.29, 1.82) is 0 Å². The second kappa shape index (κ2) is 9.19. The number of nitrogens with one attached hydrogen (secondary N) is 2. The van der Waals surface area contributed by atoms with Crippen LogP contribution in [-0.4, -0.2) is 22.9 Å². The molecule has 3 N–H and O–H groups in total. The van der Waals surface area contributed by atoms with Gasteiger partial charge in [0.1, 0.15) is 0 Å². The molecule has 1 aromatic carbocycles. The summed E-state index contributed by atoms with van der Waals surface area (Å²) in [4.78, 5) is 34.5. The third kappa shape index (κ3) is 5.85. The van der Waals surface area contributed by atoms with E-state index < -0.39 is 23.7 Å². The SMILES string of the molecule is CCC[C@@H](CCC(=O)NNC(=O)c1ccccc1Br)C(=O)O. The van der Waals surface area contributed by atoms with E-state index in [2.05, 4.69) is 26.8 Å². The number of carboxylic acid groups (broad SMARTS) is 1. The van der Waals surface area contributed by atoms with E-state index in [1.165, 1.54) is 0 Å². The average Bonchev–Trinajstić information content (AvgIpc) is 2.49. The Morgan fingerprint density at radius 2 is 1.86 bits per heavy atom. The summed E-state index contributed by atoms with van der Waals surface area (Å²) in [7, 11) is 0. The van der Waals surface area contributed by atoms with Crippen molar-refractivity contribution in [2.24, 2.45) is 5.92 Å². The molecule has 120 valence electrons. The van der Waals surface area contributed by atoms with Crippen LogP contribution in [0.1, 0.15) is 43.0 Å². The Hall–Kier alpha value is -1.89. The minimum atomic E-state index is -0.896. The molecule has 0 aliphatic heterocycles. The van der Waals surface area contributed by atoms with Crippen molar-refractivity contribution in [2.75, 3.05) is 0 Å². The smallest absolute Gasteiger partial charge is 0.306 e. The maximum Gasteiger partial charge on any atom is 0.306 e. The number of hydrazine groups is 1. The largest absolute Gasteiger partial charge is 0.481 e. The zero-order chi connectivity index (χ0) is 16.5. The number of carboxylic acids is 1. The lowest BCUT2D eigenvalue weighted by atomic mass is 9.98. The van der Waals surface area contributed by atoms with Gasteiger partial charge in [0.05, 0.1) is 11.5 Å². The monoisotopic (exact) mass is 370 g/mol. The summed E-state index contributed by atoms with van der Waals surface area (Å²) in [6.45, 7) is 1.90. The lowest BCUT2D eigenvalue weighted by molar-refractivity contribution is -0.142. The van der Waals surface area contributed by atoms with Crippen molar-refractivity contribution in [2.45, 2.75) is 32.6 Å². The van der Waals surface area contributed by atoms with Gasteiger partial charge in [-0.3, -0.25) is 25.2 Å². The van der Waals surface area contributed by atoms with Gasteiger partial charge < -0.3 is 5.11 Å². The molecule has 0 saturated heterocycles. The van der Waals surface area contributed by atoms with E-state index in [4.69, 9.17) is 5.11 Å². The molecule has 0 spiro atoms. The van der Waals surface area contributed by atoms with Crippen LogP contribution in [0.3, 0.4) is 0 Å². The van der Waals surface area contributed by atoms with Crippen molar-refractivity contribution >= 4 is 33.7 Å². The summed E-state index contributed by atoms with van der Waals surface area (Å²) in [5.41, 5.74) is 5.00. The first kappa shape index (κ1) is 18.2. The second-order valence-corrected chi connectivity index (χ2v) is 5.70. The number of benzene rings is 1. The first-order valence-electron chi connectivity index (χ1n) is 7.02. The fourth-order valence-corrected chi connectivity index (χ4v) is 2.41. The lowest BCUT2D eigenvalue weighted by Crippen LogP contribution is -2.41. The second-order valence-electron chi connectivity index (χ2n) is 4.84. The predicted octanol–water partition coefficient (Wildman–Crippen LogP) is 2.49. The highest BCUT2D eigenvalue weighted by Gasteiger charge is 2.18. The van der Waals surface area contributed by atoms with Crippen molar-refractivity contribution in [3.8, 4) is 0 Å². The molecule has 22 heavy (non-hydrogen) atoms. The summed E-state index contributed by atoms with van der Waals surface area (Å²) in [5.74, 6) is -2.28. The van der Waals surface area contributed by atoms with Gasteiger partial charge in [-0.1, -0.05) is 25.5 Å². The number of hydrogen-bond donors (Lipinski definition) is 3. The van der Waals surface area contributed by atoms with Gasteiger partial charge in [0, 0.05) is 10.9 Å². The maximum absolute atomic E-state index is 11.9. The minimum Gasteiger partial charge on any atom is -0.481 e. The number of carbonyl (C=O) groups is 3. The molecule has 0 bridgehead atoms. The van der Waals surface area contributed by atoms with Crippen LogP contribution in [0.2, 0.25) is 0 Å². The van der Waals surface area contributed by atoms with Crippen LogP contribution in [0.15, 0.2) is 28.7 Å². The Labute approximate surface area is 137 Å². The van der Waals surface area contributed by atoms with Gasteiger partial charge >= 0.3 is 5.97 Å².